The highest BCUT2D eigenvalue weighted by Crippen LogP contribution is 2.28. The number of carbonyl (C=O) groups is 1. The number of benzene rings is 2. The molecule has 0 aromatic heterocycles. The molecule has 4 heteroatoms. The van der Waals surface area contributed by atoms with Crippen molar-refractivity contribution >= 4 is 5.91 Å². The van der Waals surface area contributed by atoms with Gasteiger partial charge in [0.1, 0.15) is 5.82 Å². The average molecular weight is 315 g/mol. The molecule has 1 amide bonds. The maximum absolute atomic E-state index is 13.9. The lowest BCUT2D eigenvalue weighted by Gasteiger charge is -2.30. The molecular weight excluding hydrogens is 293 g/mol. The largest absolute Gasteiger partial charge is 0.396 e. The Kier molecular flexibility index (Phi) is 5.88. The third-order valence-electron chi connectivity index (χ3n) is 4.14. The third kappa shape index (κ3) is 3.96. The van der Waals surface area contributed by atoms with E-state index in [1.807, 2.05) is 30.3 Å². The summed E-state index contributed by atoms with van der Waals surface area (Å²) in [6.45, 7) is 1.68. The summed E-state index contributed by atoms with van der Waals surface area (Å²) >= 11 is 0. The van der Waals surface area contributed by atoms with E-state index in [9.17, 15) is 14.3 Å². The molecule has 0 aliphatic heterocycles. The van der Waals surface area contributed by atoms with E-state index in [0.29, 0.717) is 12.0 Å². The second kappa shape index (κ2) is 7.88. The molecule has 2 aromatic rings. The van der Waals surface area contributed by atoms with Crippen LogP contribution in [0.15, 0.2) is 54.6 Å². The van der Waals surface area contributed by atoms with E-state index in [-0.39, 0.29) is 24.4 Å². The zero-order chi connectivity index (χ0) is 16.8. The number of rotatable bonds is 6. The molecule has 0 fully saturated rings. The van der Waals surface area contributed by atoms with Crippen molar-refractivity contribution in [2.45, 2.75) is 25.3 Å². The van der Waals surface area contributed by atoms with Crippen LogP contribution in [-0.4, -0.2) is 29.6 Å². The van der Waals surface area contributed by atoms with Gasteiger partial charge in [-0.15, -0.1) is 0 Å². The first-order chi connectivity index (χ1) is 11.1. The SMILES string of the molecule is CC(C(=O)N(C)C(CCO)c1ccccc1)c1ccccc1F. The third-order valence-corrected chi connectivity index (χ3v) is 4.14. The first kappa shape index (κ1) is 17.2. The van der Waals surface area contributed by atoms with Gasteiger partial charge in [-0.3, -0.25) is 4.79 Å². The molecule has 2 unspecified atom stereocenters. The fraction of sp³-hybridized carbons (Fsp3) is 0.316. The molecule has 3 nitrogen and oxygen atoms in total. The van der Waals surface area contributed by atoms with Crippen LogP contribution in [0.25, 0.3) is 0 Å². The van der Waals surface area contributed by atoms with Crippen LogP contribution in [-0.2, 0) is 4.79 Å². The number of aliphatic hydroxyl groups excluding tert-OH is 1. The summed E-state index contributed by atoms with van der Waals surface area (Å²) in [5.41, 5.74) is 1.35. The topological polar surface area (TPSA) is 40.5 Å². The molecule has 0 radical (unpaired) electrons. The highest BCUT2D eigenvalue weighted by atomic mass is 19.1. The number of likely N-dealkylation sites (N-methyl/N-ethyl adjacent to an activating group) is 1. The molecule has 23 heavy (non-hydrogen) atoms. The van der Waals surface area contributed by atoms with E-state index in [4.69, 9.17) is 0 Å². The second-order valence-electron chi connectivity index (χ2n) is 5.63. The van der Waals surface area contributed by atoms with Crippen molar-refractivity contribution in [1.29, 1.82) is 0 Å². The molecule has 0 spiro atoms. The number of hydrogen-bond donors (Lipinski definition) is 1. The summed E-state index contributed by atoms with van der Waals surface area (Å²) in [5, 5.41) is 9.33. The predicted octanol–water partition coefficient (Wildman–Crippen LogP) is 3.51. The molecule has 0 heterocycles. The molecule has 0 bridgehead atoms. The fourth-order valence-corrected chi connectivity index (χ4v) is 2.80. The van der Waals surface area contributed by atoms with Crippen molar-refractivity contribution in [3.63, 3.8) is 0 Å². The van der Waals surface area contributed by atoms with Gasteiger partial charge in [0, 0.05) is 13.7 Å². The van der Waals surface area contributed by atoms with E-state index in [1.165, 1.54) is 6.07 Å². The van der Waals surface area contributed by atoms with Crippen molar-refractivity contribution in [2.24, 2.45) is 0 Å². The van der Waals surface area contributed by atoms with Gasteiger partial charge < -0.3 is 10.0 Å². The number of amides is 1. The minimum atomic E-state index is -0.578. The molecule has 0 saturated heterocycles. The Bertz CT molecular complexity index is 645. The number of nitrogens with zero attached hydrogens (tertiary/aromatic N) is 1. The summed E-state index contributed by atoms with van der Waals surface area (Å²) in [5.74, 6) is -1.12. The highest BCUT2D eigenvalue weighted by molar-refractivity contribution is 5.83. The van der Waals surface area contributed by atoms with E-state index in [0.717, 1.165) is 5.56 Å². The monoisotopic (exact) mass is 315 g/mol. The van der Waals surface area contributed by atoms with Crippen LogP contribution in [0.2, 0.25) is 0 Å². The molecule has 2 rings (SSSR count). The summed E-state index contributed by atoms with van der Waals surface area (Å²) in [4.78, 5) is 14.4. The number of aliphatic hydroxyl groups is 1. The van der Waals surface area contributed by atoms with Gasteiger partial charge in [-0.25, -0.2) is 4.39 Å². The van der Waals surface area contributed by atoms with Crippen LogP contribution in [0.4, 0.5) is 4.39 Å². The Morgan fingerprint density at radius 1 is 1.13 bits per heavy atom. The Morgan fingerprint density at radius 3 is 2.35 bits per heavy atom. The Balaban J connectivity index is 2.24. The molecule has 2 aromatic carbocycles. The molecule has 0 aliphatic carbocycles. The molecule has 2 atom stereocenters. The molecule has 0 aliphatic rings. The van der Waals surface area contributed by atoms with Gasteiger partial charge in [-0.2, -0.15) is 0 Å². The summed E-state index contributed by atoms with van der Waals surface area (Å²) in [6, 6.07) is 15.7. The zero-order valence-corrected chi connectivity index (χ0v) is 13.4. The van der Waals surface area contributed by atoms with Gasteiger partial charge in [-0.1, -0.05) is 48.5 Å². The van der Waals surface area contributed by atoms with Gasteiger partial charge in [0.25, 0.3) is 0 Å². The number of carbonyl (C=O) groups excluding carboxylic acids is 1. The van der Waals surface area contributed by atoms with Gasteiger partial charge in [-0.05, 0) is 30.5 Å². The lowest BCUT2D eigenvalue weighted by atomic mass is 9.96. The van der Waals surface area contributed by atoms with Crippen molar-refractivity contribution < 1.29 is 14.3 Å². The van der Waals surface area contributed by atoms with E-state index >= 15 is 0 Å². The quantitative estimate of drug-likeness (QED) is 0.886. The normalized spacial score (nSPS) is 13.4. The molecule has 0 saturated carbocycles. The fourth-order valence-electron chi connectivity index (χ4n) is 2.80. The first-order valence-corrected chi connectivity index (χ1v) is 7.73. The molecular formula is C19H22FNO2. The highest BCUT2D eigenvalue weighted by Gasteiger charge is 2.27. The maximum Gasteiger partial charge on any atom is 0.230 e. The number of halogens is 1. The molecule has 122 valence electrons. The lowest BCUT2D eigenvalue weighted by Crippen LogP contribution is -2.35. The molecule has 1 N–H and O–H groups in total. The van der Waals surface area contributed by atoms with Gasteiger partial charge in [0.05, 0.1) is 12.0 Å². The zero-order valence-electron chi connectivity index (χ0n) is 13.4. The Morgan fingerprint density at radius 2 is 1.74 bits per heavy atom. The predicted molar refractivity (Wildman–Crippen MR) is 88.5 cm³/mol. The van der Waals surface area contributed by atoms with E-state index < -0.39 is 5.92 Å². The summed E-state index contributed by atoms with van der Waals surface area (Å²) < 4.78 is 13.9. The van der Waals surface area contributed by atoms with E-state index in [2.05, 4.69) is 0 Å². The van der Waals surface area contributed by atoms with Crippen LogP contribution in [0.1, 0.15) is 36.4 Å². The Hall–Kier alpha value is -2.20. The van der Waals surface area contributed by atoms with Crippen LogP contribution in [0.5, 0.6) is 0 Å². The summed E-state index contributed by atoms with van der Waals surface area (Å²) in [7, 11) is 1.70. The Labute approximate surface area is 136 Å². The van der Waals surface area contributed by atoms with Crippen LogP contribution >= 0.6 is 0 Å². The average Bonchev–Trinajstić information content (AvgIpc) is 2.59. The first-order valence-electron chi connectivity index (χ1n) is 7.73. The van der Waals surface area contributed by atoms with Crippen molar-refractivity contribution in [3.8, 4) is 0 Å². The van der Waals surface area contributed by atoms with Gasteiger partial charge in [0.15, 0.2) is 0 Å². The van der Waals surface area contributed by atoms with Crippen molar-refractivity contribution in [2.75, 3.05) is 13.7 Å². The minimum absolute atomic E-state index is 0.0226. The van der Waals surface area contributed by atoms with Crippen LogP contribution < -0.4 is 0 Å². The summed E-state index contributed by atoms with van der Waals surface area (Å²) in [6.07, 6.45) is 0.441. The van der Waals surface area contributed by atoms with Crippen molar-refractivity contribution in [1.82, 2.24) is 4.90 Å². The maximum atomic E-state index is 13.9. The van der Waals surface area contributed by atoms with E-state index in [1.54, 1.807) is 37.1 Å². The van der Waals surface area contributed by atoms with Crippen LogP contribution in [0, 0.1) is 5.82 Å². The minimum Gasteiger partial charge on any atom is -0.396 e. The smallest absolute Gasteiger partial charge is 0.230 e. The van der Waals surface area contributed by atoms with Gasteiger partial charge >= 0.3 is 0 Å². The van der Waals surface area contributed by atoms with Gasteiger partial charge in [0.2, 0.25) is 5.91 Å². The van der Waals surface area contributed by atoms with Crippen LogP contribution in [0.3, 0.4) is 0 Å². The second-order valence-corrected chi connectivity index (χ2v) is 5.63. The standard InChI is InChI=1S/C19H22FNO2/c1-14(16-10-6-7-11-17(16)20)19(23)21(2)18(12-13-22)15-8-4-3-5-9-15/h3-11,14,18,22H,12-13H2,1-2H3. The lowest BCUT2D eigenvalue weighted by molar-refractivity contribution is -0.133. The van der Waals surface area contributed by atoms with Crippen molar-refractivity contribution in [3.05, 3.63) is 71.5 Å². The number of hydrogen-bond acceptors (Lipinski definition) is 2.